The Morgan fingerprint density at radius 3 is 2.85 bits per heavy atom. The lowest BCUT2D eigenvalue weighted by atomic mass is 9.96. The van der Waals surface area contributed by atoms with Crippen LogP contribution < -0.4 is 10.6 Å². The summed E-state index contributed by atoms with van der Waals surface area (Å²) in [5.41, 5.74) is 7.15. The Morgan fingerprint density at radius 2 is 2.04 bits per heavy atom. The Morgan fingerprint density at radius 1 is 1.19 bits per heavy atom. The van der Waals surface area contributed by atoms with Gasteiger partial charge in [-0.25, -0.2) is 0 Å². The number of rotatable bonds is 5. The lowest BCUT2D eigenvalue weighted by Crippen LogP contribution is -2.17. The number of nitrogens with one attached hydrogen (secondary N) is 3. The monoisotopic (exact) mass is 371 g/mol. The molecule has 0 saturated carbocycles. The third-order valence-electron chi connectivity index (χ3n) is 4.79. The third kappa shape index (κ3) is 3.21. The molecule has 0 radical (unpaired) electrons. The van der Waals surface area contributed by atoms with Gasteiger partial charge in [-0.05, 0) is 41.8 Å². The number of aromatic amines is 1. The number of halogens is 1. The van der Waals surface area contributed by atoms with Gasteiger partial charge in [0.15, 0.2) is 0 Å². The Bertz CT molecular complexity index is 965. The molecule has 136 valence electrons. The molecule has 4 rings (SSSR count). The van der Waals surface area contributed by atoms with Crippen molar-refractivity contribution in [2.45, 2.75) is 20.0 Å². The van der Waals surface area contributed by atoms with Crippen molar-refractivity contribution in [3.63, 3.8) is 0 Å². The van der Waals surface area contributed by atoms with Gasteiger partial charge in [0.1, 0.15) is 0 Å². The zero-order chi connectivity index (χ0) is 17.4. The molecule has 1 amide bonds. The largest absolute Gasteiger partial charge is 0.395 e. The molecule has 1 aliphatic heterocycles. The third-order valence-corrected chi connectivity index (χ3v) is 4.79. The van der Waals surface area contributed by atoms with Gasteiger partial charge in [-0.2, -0.15) is 0 Å². The van der Waals surface area contributed by atoms with Crippen molar-refractivity contribution in [3.05, 3.63) is 58.7 Å². The Balaban J connectivity index is 0.00000196. The minimum atomic E-state index is 0. The summed E-state index contributed by atoms with van der Waals surface area (Å²) in [5.74, 6) is 0.00116. The molecule has 1 aromatic heterocycles. The topological polar surface area (TPSA) is 77.2 Å². The van der Waals surface area contributed by atoms with E-state index in [4.69, 9.17) is 5.11 Å². The van der Waals surface area contributed by atoms with Crippen molar-refractivity contribution in [3.8, 4) is 11.3 Å². The lowest BCUT2D eigenvalue weighted by molar-refractivity contribution is 0.0966. The zero-order valence-corrected chi connectivity index (χ0v) is 15.4. The fraction of sp³-hybridized carbons (Fsp3) is 0.250. The van der Waals surface area contributed by atoms with Crippen molar-refractivity contribution in [1.29, 1.82) is 0 Å². The van der Waals surface area contributed by atoms with Crippen LogP contribution in [-0.4, -0.2) is 29.1 Å². The van der Waals surface area contributed by atoms with Crippen LogP contribution in [0, 0.1) is 6.92 Å². The first-order valence-electron chi connectivity index (χ1n) is 8.51. The van der Waals surface area contributed by atoms with Crippen LogP contribution in [0.2, 0.25) is 0 Å². The minimum absolute atomic E-state index is 0. The first kappa shape index (κ1) is 18.5. The van der Waals surface area contributed by atoms with E-state index in [1.807, 2.05) is 13.0 Å². The van der Waals surface area contributed by atoms with Gasteiger partial charge < -0.3 is 20.7 Å². The summed E-state index contributed by atoms with van der Waals surface area (Å²) in [6.45, 7) is 4.09. The molecular formula is C20H22ClN3O2. The van der Waals surface area contributed by atoms with Crippen molar-refractivity contribution in [1.82, 2.24) is 15.6 Å². The summed E-state index contributed by atoms with van der Waals surface area (Å²) in [6.07, 6.45) is 0. The summed E-state index contributed by atoms with van der Waals surface area (Å²) in [5, 5.41) is 16.1. The quantitative estimate of drug-likeness (QED) is 0.521. The first-order chi connectivity index (χ1) is 12.2. The zero-order valence-electron chi connectivity index (χ0n) is 14.6. The number of aryl methyl sites for hydroxylation is 1. The van der Waals surface area contributed by atoms with E-state index in [2.05, 4.69) is 45.9 Å². The molecule has 26 heavy (non-hydrogen) atoms. The second-order valence-corrected chi connectivity index (χ2v) is 6.47. The predicted molar refractivity (Wildman–Crippen MR) is 106 cm³/mol. The highest BCUT2D eigenvalue weighted by Crippen LogP contribution is 2.32. The molecule has 0 unspecified atom stereocenters. The molecule has 5 nitrogen and oxygen atoms in total. The van der Waals surface area contributed by atoms with Crippen LogP contribution in [0.4, 0.5) is 0 Å². The van der Waals surface area contributed by atoms with E-state index in [0.29, 0.717) is 13.1 Å². The van der Waals surface area contributed by atoms with Crippen molar-refractivity contribution >= 4 is 29.2 Å². The maximum atomic E-state index is 12.3. The molecule has 4 N–H and O–H groups in total. The second kappa shape index (κ2) is 7.50. The van der Waals surface area contributed by atoms with Gasteiger partial charge in [-0.1, -0.05) is 18.2 Å². The normalized spacial score (nSPS) is 12.8. The number of aliphatic hydroxyl groups is 1. The number of hydrogen-bond acceptors (Lipinski definition) is 3. The Kier molecular flexibility index (Phi) is 5.32. The van der Waals surface area contributed by atoms with Crippen molar-refractivity contribution in [2.24, 2.45) is 0 Å². The summed E-state index contributed by atoms with van der Waals surface area (Å²) in [4.78, 5) is 15.7. The van der Waals surface area contributed by atoms with Crippen LogP contribution in [-0.2, 0) is 13.1 Å². The highest BCUT2D eigenvalue weighted by molar-refractivity contribution is 6.05. The van der Waals surface area contributed by atoms with Gasteiger partial charge in [-0.3, -0.25) is 4.79 Å². The van der Waals surface area contributed by atoms with Crippen molar-refractivity contribution in [2.75, 3.05) is 13.2 Å². The maximum Gasteiger partial charge on any atom is 0.252 e. The number of benzene rings is 2. The molecule has 0 bridgehead atoms. The number of amides is 1. The van der Waals surface area contributed by atoms with Gasteiger partial charge in [0, 0.05) is 41.8 Å². The van der Waals surface area contributed by atoms with E-state index in [1.54, 1.807) is 0 Å². The summed E-state index contributed by atoms with van der Waals surface area (Å²) in [6, 6.07) is 12.5. The molecule has 0 aliphatic carbocycles. The van der Waals surface area contributed by atoms with Gasteiger partial charge in [0.25, 0.3) is 5.91 Å². The summed E-state index contributed by atoms with van der Waals surface area (Å²) < 4.78 is 0. The van der Waals surface area contributed by atoms with E-state index >= 15 is 0 Å². The van der Waals surface area contributed by atoms with Crippen LogP contribution in [0.25, 0.3) is 22.2 Å². The van der Waals surface area contributed by atoms with Crippen LogP contribution in [0.3, 0.4) is 0 Å². The first-order valence-corrected chi connectivity index (χ1v) is 8.51. The van der Waals surface area contributed by atoms with Crippen LogP contribution in [0.15, 0.2) is 36.4 Å². The lowest BCUT2D eigenvalue weighted by Gasteiger charge is -2.07. The van der Waals surface area contributed by atoms with Crippen LogP contribution in [0.1, 0.15) is 27.0 Å². The molecule has 2 heterocycles. The van der Waals surface area contributed by atoms with E-state index in [0.717, 1.165) is 45.4 Å². The molecule has 0 atom stereocenters. The van der Waals surface area contributed by atoms with Gasteiger partial charge in [0.2, 0.25) is 0 Å². The van der Waals surface area contributed by atoms with Gasteiger partial charge in [0.05, 0.1) is 12.2 Å². The van der Waals surface area contributed by atoms with E-state index < -0.39 is 0 Å². The molecule has 0 fully saturated rings. The summed E-state index contributed by atoms with van der Waals surface area (Å²) in [7, 11) is 0. The predicted octanol–water partition coefficient (Wildman–Crippen LogP) is 2.89. The SMILES string of the molecule is Cc1ccc(-c2cc3cc(CNCCO)ccc3[nH]2)c2c1CNC2=O.Cl. The van der Waals surface area contributed by atoms with Crippen LogP contribution in [0.5, 0.6) is 0 Å². The van der Waals surface area contributed by atoms with Gasteiger partial charge >= 0.3 is 0 Å². The van der Waals surface area contributed by atoms with Crippen molar-refractivity contribution < 1.29 is 9.90 Å². The molecule has 0 saturated heterocycles. The fourth-order valence-corrected chi connectivity index (χ4v) is 3.47. The molecule has 2 aromatic carbocycles. The molecular weight excluding hydrogens is 350 g/mol. The highest BCUT2D eigenvalue weighted by Gasteiger charge is 2.25. The molecule has 0 spiro atoms. The molecule has 1 aliphatic rings. The fourth-order valence-electron chi connectivity index (χ4n) is 3.47. The van der Waals surface area contributed by atoms with Gasteiger partial charge in [-0.15, -0.1) is 12.4 Å². The average molecular weight is 372 g/mol. The Labute approximate surface area is 158 Å². The van der Waals surface area contributed by atoms with Crippen LogP contribution >= 0.6 is 12.4 Å². The number of carbonyl (C=O) groups is 1. The smallest absolute Gasteiger partial charge is 0.252 e. The average Bonchev–Trinajstić information content (AvgIpc) is 3.20. The number of aliphatic hydroxyl groups excluding tert-OH is 1. The van der Waals surface area contributed by atoms with E-state index in [-0.39, 0.29) is 24.9 Å². The van der Waals surface area contributed by atoms with E-state index in [9.17, 15) is 4.79 Å². The number of H-pyrrole nitrogens is 1. The standard InChI is InChI=1S/C20H21N3O2.ClH/c1-12-2-4-15(19-16(12)11-22-20(19)25)18-9-14-8-13(10-21-6-7-24)3-5-17(14)23-18;/h2-5,8-9,21,23-24H,6-7,10-11H2,1H3,(H,22,25);1H. The maximum absolute atomic E-state index is 12.3. The van der Waals surface area contributed by atoms with E-state index in [1.165, 1.54) is 5.56 Å². The number of aromatic nitrogens is 1. The minimum Gasteiger partial charge on any atom is -0.395 e. The summed E-state index contributed by atoms with van der Waals surface area (Å²) >= 11 is 0. The number of hydrogen-bond donors (Lipinski definition) is 4. The Hall–Kier alpha value is -2.34. The molecule has 3 aromatic rings. The second-order valence-electron chi connectivity index (χ2n) is 6.47. The highest BCUT2D eigenvalue weighted by atomic mass is 35.5. The molecule has 6 heteroatoms. The number of fused-ring (bicyclic) bond motifs is 2. The number of carbonyl (C=O) groups excluding carboxylic acids is 1.